The van der Waals surface area contributed by atoms with Gasteiger partial charge in [-0.3, -0.25) is 9.36 Å². The number of fused-ring (bicyclic) bond motifs is 1. The Morgan fingerprint density at radius 2 is 1.93 bits per heavy atom. The minimum Gasteiger partial charge on any atom is -0.394 e. The number of rotatable bonds is 4. The molecule has 0 radical (unpaired) electrons. The highest BCUT2D eigenvalue weighted by atomic mass is 16.6. The number of aliphatic hydroxyl groups is 3. The molecular formula is C17H17N5O5. The van der Waals surface area contributed by atoms with Crippen molar-refractivity contribution in [1.29, 1.82) is 0 Å². The Morgan fingerprint density at radius 1 is 1.15 bits per heavy atom. The van der Waals surface area contributed by atoms with E-state index in [0.29, 0.717) is 16.7 Å². The van der Waals surface area contributed by atoms with E-state index >= 15 is 0 Å². The zero-order chi connectivity index (χ0) is 19.0. The molecule has 3 aromatic rings. The summed E-state index contributed by atoms with van der Waals surface area (Å²) in [7, 11) is 0. The molecule has 27 heavy (non-hydrogen) atoms. The third-order valence-electron chi connectivity index (χ3n) is 4.42. The van der Waals surface area contributed by atoms with E-state index in [1.165, 1.54) is 17.2 Å². The monoisotopic (exact) mass is 371 g/mol. The highest BCUT2D eigenvalue weighted by Crippen LogP contribution is 2.32. The van der Waals surface area contributed by atoms with Crippen LogP contribution >= 0.6 is 0 Å². The normalized spacial score (nSPS) is 25.0. The van der Waals surface area contributed by atoms with Crippen LogP contribution in [0.3, 0.4) is 0 Å². The van der Waals surface area contributed by atoms with Crippen LogP contribution in [0.2, 0.25) is 0 Å². The van der Waals surface area contributed by atoms with Crippen molar-refractivity contribution in [3.05, 3.63) is 48.5 Å². The van der Waals surface area contributed by atoms with Gasteiger partial charge < -0.3 is 25.4 Å². The highest BCUT2D eigenvalue weighted by molar-refractivity contribution is 6.06. The molecule has 0 spiro atoms. The number of imidazole rings is 1. The van der Waals surface area contributed by atoms with Gasteiger partial charge in [0.25, 0.3) is 5.91 Å². The molecule has 1 aliphatic rings. The molecule has 1 saturated heterocycles. The van der Waals surface area contributed by atoms with E-state index in [-0.39, 0.29) is 11.7 Å². The number of nitrogens with zero attached hydrogens (tertiary/aromatic N) is 4. The third-order valence-corrected chi connectivity index (χ3v) is 4.42. The molecule has 1 unspecified atom stereocenters. The number of ether oxygens (including phenoxy) is 1. The first-order chi connectivity index (χ1) is 13.1. The first-order valence-electron chi connectivity index (χ1n) is 8.26. The standard InChI is InChI=1S/C17H17N5O5/c23-6-10-12(24)13(25)17(27-10)22-8-20-11-14(18-7-19-15(11)22)21-16(26)9-4-2-1-3-5-9/h1-5,7-8,10,12-13,17,23-25H,6H2,(H,18,19,21,26)/t10-,12-,13?,17-/m1/s1. The van der Waals surface area contributed by atoms with Crippen LogP contribution in [0, 0.1) is 0 Å². The average Bonchev–Trinajstić information content (AvgIpc) is 3.25. The maximum absolute atomic E-state index is 12.4. The topological polar surface area (TPSA) is 143 Å². The Kier molecular flexibility index (Phi) is 4.54. The lowest BCUT2D eigenvalue weighted by Crippen LogP contribution is -2.33. The second-order valence-corrected chi connectivity index (χ2v) is 6.10. The van der Waals surface area contributed by atoms with Gasteiger partial charge in [-0.1, -0.05) is 18.2 Å². The van der Waals surface area contributed by atoms with E-state index in [2.05, 4.69) is 20.3 Å². The Bertz CT molecular complexity index is 963. The lowest BCUT2D eigenvalue weighted by Gasteiger charge is -2.16. The smallest absolute Gasteiger partial charge is 0.256 e. The quantitative estimate of drug-likeness (QED) is 0.489. The molecule has 4 N–H and O–H groups in total. The van der Waals surface area contributed by atoms with Gasteiger partial charge in [0.2, 0.25) is 0 Å². The molecule has 0 aliphatic carbocycles. The first-order valence-corrected chi connectivity index (χ1v) is 8.26. The first kappa shape index (κ1) is 17.5. The molecule has 1 amide bonds. The van der Waals surface area contributed by atoms with Gasteiger partial charge in [0, 0.05) is 5.56 Å². The van der Waals surface area contributed by atoms with Crippen LogP contribution in [-0.4, -0.2) is 65.7 Å². The molecule has 3 heterocycles. The lowest BCUT2D eigenvalue weighted by atomic mass is 10.1. The summed E-state index contributed by atoms with van der Waals surface area (Å²) in [6, 6.07) is 8.65. The highest BCUT2D eigenvalue weighted by Gasteiger charge is 2.44. The minimum absolute atomic E-state index is 0.208. The number of anilines is 1. The van der Waals surface area contributed by atoms with Crippen molar-refractivity contribution in [2.24, 2.45) is 0 Å². The summed E-state index contributed by atoms with van der Waals surface area (Å²) >= 11 is 0. The van der Waals surface area contributed by atoms with Crippen molar-refractivity contribution in [2.75, 3.05) is 11.9 Å². The van der Waals surface area contributed by atoms with Gasteiger partial charge in [-0.25, -0.2) is 15.0 Å². The average molecular weight is 371 g/mol. The Hall–Kier alpha value is -2.92. The summed E-state index contributed by atoms with van der Waals surface area (Å²) in [6.07, 6.45) is -1.77. The second kappa shape index (κ2) is 7.00. The number of aromatic nitrogens is 4. The molecule has 4 atom stereocenters. The maximum atomic E-state index is 12.4. The SMILES string of the molecule is O=C(Nc1ncnc2c1ncn2[C@@H]1O[C@H](CO)[C@@H](O)C1O)c1ccccc1. The summed E-state index contributed by atoms with van der Waals surface area (Å²) in [5.74, 6) is -0.141. The Balaban J connectivity index is 1.65. The van der Waals surface area contributed by atoms with E-state index < -0.39 is 31.1 Å². The number of hydrogen-bond donors (Lipinski definition) is 4. The van der Waals surface area contributed by atoms with Crippen molar-refractivity contribution in [3.63, 3.8) is 0 Å². The van der Waals surface area contributed by atoms with Crippen LogP contribution < -0.4 is 5.32 Å². The molecule has 2 aromatic heterocycles. The van der Waals surface area contributed by atoms with Crippen molar-refractivity contribution in [2.45, 2.75) is 24.5 Å². The predicted molar refractivity (Wildman–Crippen MR) is 92.7 cm³/mol. The molecule has 0 bridgehead atoms. The van der Waals surface area contributed by atoms with Gasteiger partial charge in [-0.2, -0.15) is 0 Å². The number of amides is 1. The van der Waals surface area contributed by atoms with Crippen LogP contribution in [-0.2, 0) is 4.74 Å². The van der Waals surface area contributed by atoms with Crippen LogP contribution in [0.5, 0.6) is 0 Å². The van der Waals surface area contributed by atoms with Gasteiger partial charge >= 0.3 is 0 Å². The Labute approximate surface area is 153 Å². The molecular weight excluding hydrogens is 354 g/mol. The molecule has 1 aliphatic heterocycles. The number of benzene rings is 1. The number of aliphatic hydroxyl groups excluding tert-OH is 3. The zero-order valence-corrected chi connectivity index (χ0v) is 14.0. The summed E-state index contributed by atoms with van der Waals surface area (Å²) in [6.45, 7) is -0.436. The Morgan fingerprint density at radius 3 is 2.63 bits per heavy atom. The molecule has 10 nitrogen and oxygen atoms in total. The van der Waals surface area contributed by atoms with Gasteiger partial charge in [0.1, 0.15) is 24.6 Å². The van der Waals surface area contributed by atoms with Crippen LogP contribution in [0.25, 0.3) is 11.2 Å². The number of hydrogen-bond acceptors (Lipinski definition) is 8. The van der Waals surface area contributed by atoms with E-state index in [0.717, 1.165) is 0 Å². The second-order valence-electron chi connectivity index (χ2n) is 6.10. The molecule has 4 rings (SSSR count). The van der Waals surface area contributed by atoms with Crippen molar-refractivity contribution in [1.82, 2.24) is 19.5 Å². The van der Waals surface area contributed by atoms with Gasteiger partial charge in [0.05, 0.1) is 12.9 Å². The fourth-order valence-electron chi connectivity index (χ4n) is 3.01. The molecule has 140 valence electrons. The molecule has 1 fully saturated rings. The van der Waals surface area contributed by atoms with Crippen molar-refractivity contribution < 1.29 is 24.9 Å². The molecule has 10 heteroatoms. The number of nitrogens with one attached hydrogen (secondary N) is 1. The summed E-state index contributed by atoms with van der Waals surface area (Å²) < 4.78 is 6.93. The van der Waals surface area contributed by atoms with E-state index in [1.807, 2.05) is 6.07 Å². The van der Waals surface area contributed by atoms with E-state index in [4.69, 9.17) is 4.74 Å². The van der Waals surface area contributed by atoms with Gasteiger partial charge in [-0.15, -0.1) is 0 Å². The van der Waals surface area contributed by atoms with Crippen LogP contribution in [0.1, 0.15) is 16.6 Å². The van der Waals surface area contributed by atoms with E-state index in [1.54, 1.807) is 24.3 Å². The van der Waals surface area contributed by atoms with E-state index in [9.17, 15) is 20.1 Å². The largest absolute Gasteiger partial charge is 0.394 e. The van der Waals surface area contributed by atoms with Gasteiger partial charge in [-0.05, 0) is 12.1 Å². The maximum Gasteiger partial charge on any atom is 0.256 e. The summed E-state index contributed by atoms with van der Waals surface area (Å²) in [4.78, 5) is 24.8. The van der Waals surface area contributed by atoms with Crippen molar-refractivity contribution >= 4 is 22.9 Å². The van der Waals surface area contributed by atoms with Crippen LogP contribution in [0.15, 0.2) is 43.0 Å². The molecule has 0 saturated carbocycles. The third kappa shape index (κ3) is 3.04. The predicted octanol–water partition coefficient (Wildman–Crippen LogP) is -0.310. The zero-order valence-electron chi connectivity index (χ0n) is 14.0. The fraction of sp³-hybridized carbons (Fsp3) is 0.294. The van der Waals surface area contributed by atoms with Gasteiger partial charge in [0.15, 0.2) is 23.2 Å². The minimum atomic E-state index is -1.27. The van der Waals surface area contributed by atoms with Crippen molar-refractivity contribution in [3.8, 4) is 0 Å². The summed E-state index contributed by atoms with van der Waals surface area (Å²) in [5.41, 5.74) is 1.08. The summed E-state index contributed by atoms with van der Waals surface area (Å²) in [5, 5.41) is 32.1. The molecule has 1 aromatic carbocycles. The lowest BCUT2D eigenvalue weighted by molar-refractivity contribution is -0.0511. The fourth-order valence-corrected chi connectivity index (χ4v) is 3.01. The van der Waals surface area contributed by atoms with Crippen LogP contribution in [0.4, 0.5) is 5.82 Å². The number of carbonyl (C=O) groups is 1. The number of carbonyl (C=O) groups excluding carboxylic acids is 1.